The molecule has 232 valence electrons. The summed E-state index contributed by atoms with van der Waals surface area (Å²) in [6.45, 7) is 1.61. The first-order valence-electron chi connectivity index (χ1n) is 14.1. The van der Waals surface area contributed by atoms with Crippen LogP contribution in [0.25, 0.3) is 27.5 Å². The van der Waals surface area contributed by atoms with E-state index in [1.807, 2.05) is 0 Å². The van der Waals surface area contributed by atoms with Gasteiger partial charge in [0.15, 0.2) is 17.3 Å². The van der Waals surface area contributed by atoms with E-state index in [0.29, 0.717) is 34.4 Å². The van der Waals surface area contributed by atoms with Crippen LogP contribution in [0.5, 0.6) is 40.2 Å². The zero-order chi connectivity index (χ0) is 32.2. The minimum absolute atomic E-state index is 0.00310. The van der Waals surface area contributed by atoms with Crippen LogP contribution in [-0.4, -0.2) is 65.8 Å². The number of benzene rings is 4. The van der Waals surface area contributed by atoms with Crippen LogP contribution in [0.2, 0.25) is 0 Å². The third-order valence-corrected chi connectivity index (χ3v) is 8.08. The van der Waals surface area contributed by atoms with E-state index in [1.165, 1.54) is 40.4 Å². The second-order valence-electron chi connectivity index (χ2n) is 11.1. The van der Waals surface area contributed by atoms with Gasteiger partial charge in [0.05, 0.1) is 33.1 Å². The smallest absolute Gasteiger partial charge is 0.252 e. The minimum atomic E-state index is -1.90. The van der Waals surface area contributed by atoms with Gasteiger partial charge in [-0.3, -0.25) is 9.59 Å². The molecular weight excluding hydrogens is 582 g/mol. The van der Waals surface area contributed by atoms with Crippen molar-refractivity contribution < 1.29 is 49.0 Å². The van der Waals surface area contributed by atoms with Crippen molar-refractivity contribution in [2.45, 2.75) is 25.6 Å². The van der Waals surface area contributed by atoms with Gasteiger partial charge in [0.2, 0.25) is 5.79 Å². The van der Waals surface area contributed by atoms with E-state index >= 15 is 0 Å². The molecule has 4 aromatic rings. The summed E-state index contributed by atoms with van der Waals surface area (Å²) in [5, 5.41) is 46.9. The number of rotatable bonds is 7. The van der Waals surface area contributed by atoms with E-state index in [2.05, 4.69) is 5.32 Å². The maximum Gasteiger partial charge on any atom is 0.252 e. The lowest BCUT2D eigenvalue weighted by Gasteiger charge is -2.33. The van der Waals surface area contributed by atoms with Crippen LogP contribution in [-0.2, 0) is 11.2 Å². The number of phenolic OH excluding ortho intramolecular Hbond substituents is 3. The first-order valence-corrected chi connectivity index (χ1v) is 14.1. The second-order valence-corrected chi connectivity index (χ2v) is 11.1. The second kappa shape index (κ2) is 10.9. The van der Waals surface area contributed by atoms with Crippen molar-refractivity contribution >= 4 is 28.0 Å². The largest absolute Gasteiger partial charge is 0.507 e. The Morgan fingerprint density at radius 3 is 2.33 bits per heavy atom. The average Bonchev–Trinajstić information content (AvgIpc) is 3.36. The van der Waals surface area contributed by atoms with Crippen LogP contribution in [0.3, 0.4) is 0 Å². The van der Waals surface area contributed by atoms with Gasteiger partial charge in [0, 0.05) is 41.6 Å². The van der Waals surface area contributed by atoms with Gasteiger partial charge < -0.3 is 44.7 Å². The zero-order valence-electron chi connectivity index (χ0n) is 25.0. The Balaban J connectivity index is 1.62. The van der Waals surface area contributed by atoms with E-state index in [-0.39, 0.29) is 57.5 Å². The third-order valence-electron chi connectivity index (χ3n) is 8.08. The highest BCUT2D eigenvalue weighted by Crippen LogP contribution is 2.54. The fourth-order valence-electron chi connectivity index (χ4n) is 6.04. The number of ether oxygens (including phenoxy) is 4. The summed E-state index contributed by atoms with van der Waals surface area (Å²) in [4.78, 5) is 26.6. The lowest BCUT2D eigenvalue weighted by Crippen LogP contribution is -2.39. The molecule has 0 bridgehead atoms. The Hall–Kier alpha value is -5.42. The fourth-order valence-corrected chi connectivity index (χ4v) is 6.04. The van der Waals surface area contributed by atoms with Crippen molar-refractivity contribution in [1.82, 2.24) is 5.32 Å². The lowest BCUT2D eigenvalue weighted by molar-refractivity contribution is -0.123. The van der Waals surface area contributed by atoms with E-state index in [9.17, 15) is 30.0 Å². The van der Waals surface area contributed by atoms with E-state index < -0.39 is 23.7 Å². The van der Waals surface area contributed by atoms with Gasteiger partial charge in [0.1, 0.15) is 34.3 Å². The molecule has 0 aliphatic carbocycles. The number of carbonyl (C=O) groups is 2. The number of Topliss-reactive ketones (excluding diaryl/α,β-unsaturated/α-hetero) is 1. The minimum Gasteiger partial charge on any atom is -0.507 e. The normalized spacial score (nSPS) is 17.6. The predicted octanol–water partition coefficient (Wildman–Crippen LogP) is 4.45. The Morgan fingerprint density at radius 2 is 1.62 bits per heavy atom. The number of fused-ring (bicyclic) bond motifs is 2. The monoisotopic (exact) mass is 613 g/mol. The molecule has 2 aliphatic heterocycles. The summed E-state index contributed by atoms with van der Waals surface area (Å²) in [6.07, 6.45) is -0.0468. The summed E-state index contributed by atoms with van der Waals surface area (Å²) in [5.74, 6) is -2.67. The molecule has 4 aromatic carbocycles. The van der Waals surface area contributed by atoms with Gasteiger partial charge in [0.25, 0.3) is 5.91 Å². The van der Waals surface area contributed by atoms with Crippen LogP contribution >= 0.6 is 0 Å². The van der Waals surface area contributed by atoms with Crippen LogP contribution < -0.4 is 24.3 Å². The molecule has 0 saturated carbocycles. The Labute approximate surface area is 257 Å². The number of nitrogens with one attached hydrogen (secondary N) is 1. The van der Waals surface area contributed by atoms with Crippen molar-refractivity contribution in [2.24, 2.45) is 0 Å². The summed E-state index contributed by atoms with van der Waals surface area (Å²) in [6, 6.07) is 12.7. The van der Waals surface area contributed by atoms with Gasteiger partial charge >= 0.3 is 0 Å². The van der Waals surface area contributed by atoms with Gasteiger partial charge in [-0.15, -0.1) is 0 Å². The first-order chi connectivity index (χ1) is 21.5. The summed E-state index contributed by atoms with van der Waals surface area (Å²) < 4.78 is 22.2. The van der Waals surface area contributed by atoms with E-state index in [0.717, 1.165) is 11.1 Å². The number of amides is 1. The van der Waals surface area contributed by atoms with Crippen LogP contribution in [0.4, 0.5) is 0 Å². The summed E-state index contributed by atoms with van der Waals surface area (Å²) in [7, 11) is 4.32. The number of phenols is 3. The number of hydrogen-bond acceptors (Lipinski definition) is 10. The van der Waals surface area contributed by atoms with Crippen molar-refractivity contribution in [3.63, 3.8) is 0 Å². The molecule has 0 radical (unpaired) electrons. The molecule has 0 fully saturated rings. The maximum atomic E-state index is 13.3. The quantitative estimate of drug-likeness (QED) is 0.201. The molecule has 0 aromatic heterocycles. The molecule has 6 rings (SSSR count). The molecule has 2 heterocycles. The van der Waals surface area contributed by atoms with Gasteiger partial charge in [-0.25, -0.2) is 0 Å². The fraction of sp³-hybridized carbons (Fsp3) is 0.235. The molecule has 1 amide bonds. The van der Waals surface area contributed by atoms with Crippen molar-refractivity contribution in [2.75, 3.05) is 27.9 Å². The lowest BCUT2D eigenvalue weighted by atomic mass is 9.86. The Bertz CT molecular complexity index is 1940. The highest BCUT2D eigenvalue weighted by molar-refractivity contribution is 6.23. The zero-order valence-corrected chi connectivity index (χ0v) is 25.0. The van der Waals surface area contributed by atoms with Crippen molar-refractivity contribution in [3.8, 4) is 51.4 Å². The molecule has 2 aliphatic rings. The third kappa shape index (κ3) is 5.00. The van der Waals surface area contributed by atoms with Crippen LogP contribution in [0.1, 0.15) is 34.8 Å². The Morgan fingerprint density at radius 1 is 0.889 bits per heavy atom. The molecular formula is C34H31NO10. The van der Waals surface area contributed by atoms with Gasteiger partial charge in [-0.2, -0.15) is 0 Å². The molecule has 1 atom stereocenters. The maximum absolute atomic E-state index is 13.3. The van der Waals surface area contributed by atoms with Gasteiger partial charge in [-0.05, 0) is 53.5 Å². The molecule has 5 N–H and O–H groups in total. The molecule has 0 spiro atoms. The number of ketones is 1. The van der Waals surface area contributed by atoms with Crippen molar-refractivity contribution in [3.05, 3.63) is 70.8 Å². The van der Waals surface area contributed by atoms with E-state index in [4.69, 9.17) is 18.9 Å². The summed E-state index contributed by atoms with van der Waals surface area (Å²) in [5.41, 5.74) is 2.62. The molecule has 1 unspecified atom stereocenters. The molecule has 45 heavy (non-hydrogen) atoms. The molecule has 0 saturated heterocycles. The number of carbonyl (C=O) groups excluding carboxylic acids is 2. The standard InChI is InChI=1S/C34H31NO10/c1-34(41)14-24(38)30-31(39)29-21(12-19(42-2)13-26(29)44-4)28(32(30)45-34)20-11-17(6-8-22(20)36)27-18(15-35-33(27)40)9-16-5-7-23(37)25(10-16)43-3/h5-8,10-13,36-37,39,41H,9,14-15H2,1-4H3,(H,35,40). The Kier molecular flexibility index (Phi) is 7.20. The van der Waals surface area contributed by atoms with Crippen LogP contribution in [0.15, 0.2) is 54.1 Å². The van der Waals surface area contributed by atoms with Crippen LogP contribution in [0, 0.1) is 0 Å². The first kappa shape index (κ1) is 29.6. The molecule has 11 heteroatoms. The topological polar surface area (TPSA) is 164 Å². The molecule has 11 nitrogen and oxygen atoms in total. The number of methoxy groups -OCH3 is 3. The number of hydrogen-bond donors (Lipinski definition) is 5. The van der Waals surface area contributed by atoms with Gasteiger partial charge in [-0.1, -0.05) is 12.1 Å². The SMILES string of the molecule is COc1cc(OC)c2c(O)c3c(c(-c4cc(C5=C(Cc6ccc(O)c(OC)c6)CNC5=O)ccc4O)c2c1)OC(C)(O)CC3=O. The predicted molar refractivity (Wildman–Crippen MR) is 164 cm³/mol. The average molecular weight is 614 g/mol. The summed E-state index contributed by atoms with van der Waals surface area (Å²) >= 11 is 0. The number of aliphatic hydroxyl groups is 1. The van der Waals surface area contributed by atoms with Crippen molar-refractivity contribution in [1.29, 1.82) is 0 Å². The highest BCUT2D eigenvalue weighted by atomic mass is 16.6. The highest BCUT2D eigenvalue weighted by Gasteiger charge is 2.40. The van der Waals surface area contributed by atoms with E-state index in [1.54, 1.807) is 36.4 Å². The number of aromatic hydroxyl groups is 3.